The predicted molar refractivity (Wildman–Crippen MR) is 88.1 cm³/mol. The summed E-state index contributed by atoms with van der Waals surface area (Å²) < 4.78 is 0. The van der Waals surface area contributed by atoms with E-state index in [1.54, 1.807) is 17.3 Å². The molecule has 23 heavy (non-hydrogen) atoms. The SMILES string of the molecule is O=C(CO)N1CCCC(c2cncc(-c3cccc(Cl)c3)n2)C1. The Bertz CT molecular complexity index is 708. The lowest BCUT2D eigenvalue weighted by Gasteiger charge is -2.32. The van der Waals surface area contributed by atoms with Crippen LogP contribution in [0.4, 0.5) is 0 Å². The van der Waals surface area contributed by atoms with Crippen LogP contribution in [0, 0.1) is 0 Å². The van der Waals surface area contributed by atoms with Gasteiger partial charge in [-0.2, -0.15) is 0 Å². The van der Waals surface area contributed by atoms with Crippen LogP contribution in [0.1, 0.15) is 24.5 Å². The third-order valence-corrected chi connectivity index (χ3v) is 4.34. The molecule has 1 aromatic carbocycles. The van der Waals surface area contributed by atoms with Gasteiger partial charge in [-0.15, -0.1) is 0 Å². The molecule has 1 saturated heterocycles. The van der Waals surface area contributed by atoms with Gasteiger partial charge in [0.1, 0.15) is 6.61 Å². The number of aromatic nitrogens is 2. The molecule has 1 fully saturated rings. The molecule has 5 nitrogen and oxygen atoms in total. The van der Waals surface area contributed by atoms with Crippen LogP contribution < -0.4 is 0 Å². The number of benzene rings is 1. The van der Waals surface area contributed by atoms with Gasteiger partial charge in [0, 0.05) is 35.8 Å². The maximum atomic E-state index is 11.7. The van der Waals surface area contributed by atoms with Crippen molar-refractivity contribution < 1.29 is 9.90 Å². The van der Waals surface area contributed by atoms with Gasteiger partial charge < -0.3 is 10.0 Å². The van der Waals surface area contributed by atoms with Crippen molar-refractivity contribution in [3.63, 3.8) is 0 Å². The number of aliphatic hydroxyl groups is 1. The highest BCUT2D eigenvalue weighted by molar-refractivity contribution is 6.30. The Morgan fingerprint density at radius 2 is 2.26 bits per heavy atom. The molecule has 2 aromatic rings. The van der Waals surface area contributed by atoms with Gasteiger partial charge in [-0.25, -0.2) is 4.98 Å². The van der Waals surface area contributed by atoms with E-state index < -0.39 is 6.61 Å². The van der Waals surface area contributed by atoms with Gasteiger partial charge in [-0.3, -0.25) is 9.78 Å². The van der Waals surface area contributed by atoms with E-state index in [2.05, 4.69) is 4.98 Å². The maximum absolute atomic E-state index is 11.7. The van der Waals surface area contributed by atoms with E-state index in [9.17, 15) is 4.79 Å². The summed E-state index contributed by atoms with van der Waals surface area (Å²) in [7, 11) is 0. The summed E-state index contributed by atoms with van der Waals surface area (Å²) >= 11 is 6.04. The summed E-state index contributed by atoms with van der Waals surface area (Å²) in [6.07, 6.45) is 5.34. The van der Waals surface area contributed by atoms with Crippen LogP contribution in [-0.4, -0.2) is 45.6 Å². The highest BCUT2D eigenvalue weighted by atomic mass is 35.5. The van der Waals surface area contributed by atoms with Crippen LogP contribution in [0.3, 0.4) is 0 Å². The molecule has 1 atom stereocenters. The Kier molecular flexibility index (Phi) is 4.88. The molecular formula is C17H18ClN3O2. The van der Waals surface area contributed by atoms with Crippen LogP contribution in [0.2, 0.25) is 5.02 Å². The topological polar surface area (TPSA) is 66.3 Å². The van der Waals surface area contributed by atoms with Gasteiger partial charge in [0.15, 0.2) is 0 Å². The highest BCUT2D eigenvalue weighted by Crippen LogP contribution is 2.27. The number of halogens is 1. The number of aliphatic hydroxyl groups excluding tert-OH is 1. The first-order chi connectivity index (χ1) is 11.2. The summed E-state index contributed by atoms with van der Waals surface area (Å²) in [6.45, 7) is 0.825. The molecule has 0 spiro atoms. The van der Waals surface area contributed by atoms with Crippen LogP contribution in [0.15, 0.2) is 36.7 Å². The van der Waals surface area contributed by atoms with E-state index in [0.717, 1.165) is 29.8 Å². The van der Waals surface area contributed by atoms with Gasteiger partial charge in [0.2, 0.25) is 5.91 Å². The Hall–Kier alpha value is -1.98. The molecule has 6 heteroatoms. The minimum absolute atomic E-state index is 0.144. The van der Waals surface area contributed by atoms with Gasteiger partial charge in [0.25, 0.3) is 0 Å². The zero-order valence-electron chi connectivity index (χ0n) is 12.7. The summed E-state index contributed by atoms with van der Waals surface area (Å²) in [5.74, 6) is -0.0838. The lowest BCUT2D eigenvalue weighted by Crippen LogP contribution is -2.40. The first-order valence-electron chi connectivity index (χ1n) is 7.64. The molecule has 1 aliphatic heterocycles. The fourth-order valence-electron chi connectivity index (χ4n) is 2.91. The minimum atomic E-state index is -0.443. The van der Waals surface area contributed by atoms with E-state index in [1.165, 1.54) is 0 Å². The molecule has 1 aliphatic rings. The largest absolute Gasteiger partial charge is 0.387 e. The van der Waals surface area contributed by atoms with Gasteiger partial charge >= 0.3 is 0 Å². The average Bonchev–Trinajstić information content (AvgIpc) is 2.61. The van der Waals surface area contributed by atoms with E-state index in [-0.39, 0.29) is 11.8 Å². The van der Waals surface area contributed by atoms with Gasteiger partial charge in [-0.05, 0) is 25.0 Å². The molecule has 1 amide bonds. The number of likely N-dealkylation sites (tertiary alicyclic amines) is 1. The molecule has 1 N–H and O–H groups in total. The molecular weight excluding hydrogens is 314 g/mol. The molecule has 0 bridgehead atoms. The fourth-order valence-corrected chi connectivity index (χ4v) is 3.10. The number of nitrogens with zero attached hydrogens (tertiary/aromatic N) is 3. The summed E-state index contributed by atoms with van der Waals surface area (Å²) in [6, 6.07) is 7.51. The number of carbonyl (C=O) groups is 1. The smallest absolute Gasteiger partial charge is 0.248 e. The Morgan fingerprint density at radius 3 is 3.04 bits per heavy atom. The van der Waals surface area contributed by atoms with E-state index in [4.69, 9.17) is 21.7 Å². The number of rotatable bonds is 3. The highest BCUT2D eigenvalue weighted by Gasteiger charge is 2.25. The van der Waals surface area contributed by atoms with Gasteiger partial charge in [-0.1, -0.05) is 23.7 Å². The van der Waals surface area contributed by atoms with Crippen molar-refractivity contribution in [3.05, 3.63) is 47.4 Å². The van der Waals surface area contributed by atoms with Crippen molar-refractivity contribution in [2.24, 2.45) is 0 Å². The van der Waals surface area contributed by atoms with Crippen LogP contribution in [0.25, 0.3) is 11.3 Å². The number of carbonyl (C=O) groups excluding carboxylic acids is 1. The Morgan fingerprint density at radius 1 is 1.39 bits per heavy atom. The van der Waals surface area contributed by atoms with Crippen molar-refractivity contribution in [2.45, 2.75) is 18.8 Å². The Labute approximate surface area is 139 Å². The summed E-state index contributed by atoms with van der Waals surface area (Å²) in [5, 5.41) is 9.69. The quantitative estimate of drug-likeness (QED) is 0.938. The number of amides is 1. The summed E-state index contributed by atoms with van der Waals surface area (Å²) in [4.78, 5) is 22.4. The monoisotopic (exact) mass is 331 g/mol. The van der Waals surface area contributed by atoms with Crippen LogP contribution in [-0.2, 0) is 4.79 Å². The van der Waals surface area contributed by atoms with Gasteiger partial charge in [0.05, 0.1) is 17.6 Å². The lowest BCUT2D eigenvalue weighted by molar-refractivity contribution is -0.135. The second kappa shape index (κ2) is 7.06. The fraction of sp³-hybridized carbons (Fsp3) is 0.353. The first kappa shape index (κ1) is 15.9. The van der Waals surface area contributed by atoms with Crippen molar-refractivity contribution >= 4 is 17.5 Å². The van der Waals surface area contributed by atoms with Crippen molar-refractivity contribution in [2.75, 3.05) is 19.7 Å². The van der Waals surface area contributed by atoms with Crippen LogP contribution >= 0.6 is 11.6 Å². The van der Waals surface area contributed by atoms with E-state index in [0.29, 0.717) is 18.1 Å². The normalized spacial score (nSPS) is 18.0. The lowest BCUT2D eigenvalue weighted by atomic mass is 9.94. The molecule has 0 radical (unpaired) electrons. The zero-order chi connectivity index (χ0) is 16.2. The molecule has 120 valence electrons. The molecule has 0 saturated carbocycles. The maximum Gasteiger partial charge on any atom is 0.248 e. The minimum Gasteiger partial charge on any atom is -0.387 e. The standard InChI is InChI=1S/C17H18ClN3O2/c18-14-5-1-3-12(7-14)15-8-19-9-16(20-15)13-4-2-6-21(10-13)17(23)11-22/h1,3,5,7-9,13,22H,2,4,6,10-11H2. The molecule has 3 rings (SSSR count). The van der Waals surface area contributed by atoms with Crippen molar-refractivity contribution in [1.29, 1.82) is 0 Å². The molecule has 1 aromatic heterocycles. The van der Waals surface area contributed by atoms with Crippen molar-refractivity contribution in [3.8, 4) is 11.3 Å². The average molecular weight is 332 g/mol. The van der Waals surface area contributed by atoms with E-state index >= 15 is 0 Å². The Balaban J connectivity index is 1.83. The first-order valence-corrected chi connectivity index (χ1v) is 8.01. The zero-order valence-corrected chi connectivity index (χ0v) is 13.4. The number of hydrogen-bond acceptors (Lipinski definition) is 4. The third-order valence-electron chi connectivity index (χ3n) is 4.10. The second-order valence-corrected chi connectivity index (χ2v) is 6.11. The van der Waals surface area contributed by atoms with Crippen LogP contribution in [0.5, 0.6) is 0 Å². The molecule has 0 aliphatic carbocycles. The summed E-state index contributed by atoms with van der Waals surface area (Å²) in [5.41, 5.74) is 2.57. The molecule has 2 heterocycles. The second-order valence-electron chi connectivity index (χ2n) is 5.68. The van der Waals surface area contributed by atoms with E-state index in [1.807, 2.05) is 24.3 Å². The number of hydrogen-bond donors (Lipinski definition) is 1. The number of piperidine rings is 1. The third kappa shape index (κ3) is 3.68. The predicted octanol–water partition coefficient (Wildman–Crippen LogP) is 2.50. The molecule has 1 unspecified atom stereocenters. The van der Waals surface area contributed by atoms with Crippen molar-refractivity contribution in [1.82, 2.24) is 14.9 Å².